The minimum atomic E-state index is 0.416. The van der Waals surface area contributed by atoms with Gasteiger partial charge in [-0.1, -0.05) is 13.0 Å². The zero-order chi connectivity index (χ0) is 11.8. The fraction of sp³-hybridized carbons (Fsp3) is 0.600. The smallest absolute Gasteiger partial charge is 0.115 e. The van der Waals surface area contributed by atoms with Gasteiger partial charge in [-0.2, -0.15) is 0 Å². The highest BCUT2D eigenvalue weighted by Gasteiger charge is 2.30. The second-order valence-corrected chi connectivity index (χ2v) is 5.68. The van der Waals surface area contributed by atoms with Crippen molar-refractivity contribution in [1.82, 2.24) is 4.90 Å². The molecule has 1 aromatic rings. The zero-order valence-electron chi connectivity index (χ0n) is 10.5. The lowest BCUT2D eigenvalue weighted by Gasteiger charge is -2.33. The molecule has 2 nitrogen and oxygen atoms in total. The average Bonchev–Trinajstić information content (AvgIpc) is 2.74. The molecule has 0 aromatic heterocycles. The third-order valence-electron chi connectivity index (χ3n) is 4.31. The van der Waals surface area contributed by atoms with Gasteiger partial charge in [0.15, 0.2) is 0 Å². The van der Waals surface area contributed by atoms with Crippen LogP contribution in [0.2, 0.25) is 0 Å². The first-order valence-corrected chi connectivity index (χ1v) is 6.80. The minimum Gasteiger partial charge on any atom is -0.508 e. The van der Waals surface area contributed by atoms with Crippen molar-refractivity contribution in [2.75, 3.05) is 13.1 Å². The van der Waals surface area contributed by atoms with E-state index in [9.17, 15) is 5.11 Å². The van der Waals surface area contributed by atoms with Crippen molar-refractivity contribution in [2.24, 2.45) is 5.92 Å². The number of phenolic OH excluding ortho intramolecular Hbond substituents is 1. The molecule has 1 heterocycles. The summed E-state index contributed by atoms with van der Waals surface area (Å²) < 4.78 is 0. The number of hydrogen-bond acceptors (Lipinski definition) is 2. The van der Waals surface area contributed by atoms with Crippen molar-refractivity contribution in [1.29, 1.82) is 0 Å². The third kappa shape index (κ3) is 2.06. The molecular weight excluding hydrogens is 210 g/mol. The molecule has 0 radical (unpaired) electrons. The average molecular weight is 231 g/mol. The number of likely N-dealkylation sites (tertiary alicyclic amines) is 1. The summed E-state index contributed by atoms with van der Waals surface area (Å²) in [6.45, 7) is 4.83. The summed E-state index contributed by atoms with van der Waals surface area (Å²) in [4.78, 5) is 2.64. The van der Waals surface area contributed by atoms with E-state index in [1.54, 1.807) is 0 Å². The van der Waals surface area contributed by atoms with Gasteiger partial charge in [-0.3, -0.25) is 4.90 Å². The van der Waals surface area contributed by atoms with Gasteiger partial charge < -0.3 is 5.11 Å². The highest BCUT2D eigenvalue weighted by atomic mass is 16.3. The number of benzene rings is 1. The lowest BCUT2D eigenvalue weighted by atomic mass is 9.86. The molecule has 0 bridgehead atoms. The van der Waals surface area contributed by atoms with Crippen LogP contribution in [0.3, 0.4) is 0 Å². The fourth-order valence-corrected chi connectivity index (χ4v) is 3.41. The van der Waals surface area contributed by atoms with Gasteiger partial charge >= 0.3 is 0 Å². The van der Waals surface area contributed by atoms with Crippen molar-refractivity contribution in [2.45, 2.75) is 38.6 Å². The molecule has 1 aromatic carbocycles. The Bertz CT molecular complexity index is 415. The van der Waals surface area contributed by atoms with Gasteiger partial charge in [-0.15, -0.1) is 0 Å². The Balaban J connectivity index is 1.89. The van der Waals surface area contributed by atoms with Gasteiger partial charge in [0.1, 0.15) is 5.75 Å². The maximum absolute atomic E-state index is 9.57. The molecule has 3 rings (SSSR count). The predicted octanol–water partition coefficient (Wildman–Crippen LogP) is 3.11. The molecule has 92 valence electrons. The molecule has 2 unspecified atom stereocenters. The molecule has 0 amide bonds. The van der Waals surface area contributed by atoms with Gasteiger partial charge in [0.25, 0.3) is 0 Å². The Labute approximate surface area is 103 Å². The maximum atomic E-state index is 9.57. The van der Waals surface area contributed by atoms with Crippen LogP contribution < -0.4 is 0 Å². The highest BCUT2D eigenvalue weighted by Crippen LogP contribution is 2.38. The molecule has 2 atom stereocenters. The molecule has 2 aliphatic rings. The Morgan fingerprint density at radius 3 is 2.94 bits per heavy atom. The van der Waals surface area contributed by atoms with E-state index in [1.165, 1.54) is 43.5 Å². The van der Waals surface area contributed by atoms with Gasteiger partial charge in [-0.05, 0) is 61.4 Å². The number of aryl methyl sites for hydroxylation is 1. The van der Waals surface area contributed by atoms with E-state index in [1.807, 2.05) is 12.1 Å². The van der Waals surface area contributed by atoms with Crippen LogP contribution in [0.1, 0.15) is 43.4 Å². The lowest BCUT2D eigenvalue weighted by Crippen LogP contribution is -2.29. The van der Waals surface area contributed by atoms with Crippen LogP contribution >= 0.6 is 0 Å². The standard InChI is InChI=1S/C15H21NO/c1-11-7-8-16(10-11)15-4-2-3-12-9-13(17)5-6-14(12)15/h5-6,9,11,15,17H,2-4,7-8,10H2,1H3. The van der Waals surface area contributed by atoms with E-state index in [0.29, 0.717) is 11.8 Å². The molecule has 1 N–H and O–H groups in total. The van der Waals surface area contributed by atoms with Crippen LogP contribution in [0.15, 0.2) is 18.2 Å². The number of fused-ring (bicyclic) bond motifs is 1. The Morgan fingerprint density at radius 2 is 2.18 bits per heavy atom. The SMILES string of the molecule is CC1CCN(C2CCCc3cc(O)ccc32)C1. The van der Waals surface area contributed by atoms with Gasteiger partial charge in [0.2, 0.25) is 0 Å². The lowest BCUT2D eigenvalue weighted by molar-refractivity contribution is 0.215. The van der Waals surface area contributed by atoms with E-state index in [4.69, 9.17) is 0 Å². The first-order chi connectivity index (χ1) is 8.24. The monoisotopic (exact) mass is 231 g/mol. The summed E-state index contributed by atoms with van der Waals surface area (Å²) >= 11 is 0. The van der Waals surface area contributed by atoms with Crippen molar-refractivity contribution in [3.63, 3.8) is 0 Å². The number of aromatic hydroxyl groups is 1. The van der Waals surface area contributed by atoms with Crippen molar-refractivity contribution in [3.05, 3.63) is 29.3 Å². The molecular formula is C15H21NO. The van der Waals surface area contributed by atoms with Crippen LogP contribution in [0.25, 0.3) is 0 Å². The van der Waals surface area contributed by atoms with E-state index in [-0.39, 0.29) is 0 Å². The van der Waals surface area contributed by atoms with Gasteiger partial charge in [0.05, 0.1) is 0 Å². The van der Waals surface area contributed by atoms with Crippen molar-refractivity contribution in [3.8, 4) is 5.75 Å². The van der Waals surface area contributed by atoms with Crippen LogP contribution in [-0.2, 0) is 6.42 Å². The van der Waals surface area contributed by atoms with Crippen LogP contribution in [0.5, 0.6) is 5.75 Å². The molecule has 1 aliphatic carbocycles. The number of phenols is 1. The minimum absolute atomic E-state index is 0.416. The molecule has 17 heavy (non-hydrogen) atoms. The highest BCUT2D eigenvalue weighted by molar-refractivity contribution is 5.38. The van der Waals surface area contributed by atoms with Gasteiger partial charge in [-0.25, -0.2) is 0 Å². The first kappa shape index (κ1) is 11.1. The normalized spacial score (nSPS) is 29.2. The number of hydrogen-bond donors (Lipinski definition) is 1. The van der Waals surface area contributed by atoms with Crippen LogP contribution in [-0.4, -0.2) is 23.1 Å². The first-order valence-electron chi connectivity index (χ1n) is 6.80. The second-order valence-electron chi connectivity index (χ2n) is 5.68. The van der Waals surface area contributed by atoms with Crippen molar-refractivity contribution >= 4 is 0 Å². The summed E-state index contributed by atoms with van der Waals surface area (Å²) in [6, 6.07) is 6.54. The predicted molar refractivity (Wildman–Crippen MR) is 69.1 cm³/mol. The quantitative estimate of drug-likeness (QED) is 0.802. The third-order valence-corrected chi connectivity index (χ3v) is 4.31. The van der Waals surface area contributed by atoms with Crippen LogP contribution in [0, 0.1) is 5.92 Å². The Hall–Kier alpha value is -1.02. The largest absolute Gasteiger partial charge is 0.508 e. The molecule has 1 aliphatic heterocycles. The molecule has 1 saturated heterocycles. The van der Waals surface area contributed by atoms with Gasteiger partial charge in [0, 0.05) is 12.6 Å². The Morgan fingerprint density at radius 1 is 1.29 bits per heavy atom. The summed E-state index contributed by atoms with van der Waals surface area (Å²) in [5.74, 6) is 1.26. The number of nitrogens with zero attached hydrogens (tertiary/aromatic N) is 1. The van der Waals surface area contributed by atoms with E-state index < -0.39 is 0 Å². The molecule has 1 fully saturated rings. The topological polar surface area (TPSA) is 23.5 Å². The van der Waals surface area contributed by atoms with Crippen LogP contribution in [0.4, 0.5) is 0 Å². The Kier molecular flexibility index (Phi) is 2.83. The van der Waals surface area contributed by atoms with E-state index in [0.717, 1.165) is 12.3 Å². The second kappa shape index (κ2) is 4.34. The molecule has 0 saturated carbocycles. The fourth-order valence-electron chi connectivity index (χ4n) is 3.41. The van der Waals surface area contributed by atoms with E-state index >= 15 is 0 Å². The number of rotatable bonds is 1. The summed E-state index contributed by atoms with van der Waals surface area (Å²) in [5.41, 5.74) is 2.82. The molecule has 0 spiro atoms. The summed E-state index contributed by atoms with van der Waals surface area (Å²) in [7, 11) is 0. The zero-order valence-corrected chi connectivity index (χ0v) is 10.5. The van der Waals surface area contributed by atoms with Crippen molar-refractivity contribution < 1.29 is 5.11 Å². The summed E-state index contributed by atoms with van der Waals surface area (Å²) in [5, 5.41) is 9.57. The summed E-state index contributed by atoms with van der Waals surface area (Å²) in [6.07, 6.45) is 5.00. The maximum Gasteiger partial charge on any atom is 0.115 e. The molecule has 2 heteroatoms. The van der Waals surface area contributed by atoms with E-state index in [2.05, 4.69) is 17.9 Å².